The smallest absolute Gasteiger partial charge is 0.329 e. The largest absolute Gasteiger partial charge is 0.364 e. The molecule has 0 atom stereocenters. The summed E-state index contributed by atoms with van der Waals surface area (Å²) in [6, 6.07) is 2.77. The molecule has 0 fully saturated rings. The molecule has 1 rings (SSSR count). The molecule has 0 spiro atoms. The number of nitrogens with one attached hydrogen (secondary N) is 1. The van der Waals surface area contributed by atoms with E-state index >= 15 is 0 Å². The molecule has 6 heteroatoms. The number of nitrogens with two attached hydrogens (primary N) is 1. The van der Waals surface area contributed by atoms with Crippen molar-refractivity contribution >= 4 is 11.6 Å². The zero-order valence-corrected chi connectivity index (χ0v) is 8.77. The van der Waals surface area contributed by atoms with E-state index in [-0.39, 0.29) is 0 Å². The van der Waals surface area contributed by atoms with Crippen molar-refractivity contribution in [1.29, 1.82) is 0 Å². The van der Waals surface area contributed by atoms with Crippen molar-refractivity contribution < 1.29 is 8.78 Å². The van der Waals surface area contributed by atoms with E-state index in [2.05, 4.69) is 10.3 Å². The standard InChI is InChI=1S/C9H12ClF2N3/c10-9(11,12)8-2-1-7(6-15-8)5-14-4-3-13/h1-2,6,14H,3-5,13H2. The summed E-state index contributed by atoms with van der Waals surface area (Å²) >= 11 is 4.81. The first-order chi connectivity index (χ1) is 7.04. The summed E-state index contributed by atoms with van der Waals surface area (Å²) < 4.78 is 25.1. The first kappa shape index (κ1) is 12.3. The van der Waals surface area contributed by atoms with Gasteiger partial charge in [0.1, 0.15) is 5.69 Å². The van der Waals surface area contributed by atoms with Crippen LogP contribution in [0.15, 0.2) is 18.3 Å². The molecule has 3 nitrogen and oxygen atoms in total. The van der Waals surface area contributed by atoms with Crippen LogP contribution >= 0.6 is 11.6 Å². The number of aromatic nitrogens is 1. The summed E-state index contributed by atoms with van der Waals surface area (Å²) in [5.41, 5.74) is 5.65. The number of hydrogen-bond acceptors (Lipinski definition) is 3. The Morgan fingerprint density at radius 2 is 2.20 bits per heavy atom. The molecule has 15 heavy (non-hydrogen) atoms. The fourth-order valence-electron chi connectivity index (χ4n) is 1.03. The number of pyridine rings is 1. The van der Waals surface area contributed by atoms with Crippen LogP contribution in [0.4, 0.5) is 8.78 Å². The maximum atomic E-state index is 12.6. The molecule has 0 saturated heterocycles. The van der Waals surface area contributed by atoms with Crippen LogP contribution in [0.25, 0.3) is 0 Å². The summed E-state index contributed by atoms with van der Waals surface area (Å²) in [5.74, 6) is 0. The molecular formula is C9H12ClF2N3. The average molecular weight is 236 g/mol. The molecule has 1 heterocycles. The highest BCUT2D eigenvalue weighted by atomic mass is 35.5. The minimum absolute atomic E-state index is 0.438. The van der Waals surface area contributed by atoms with Gasteiger partial charge in [0.25, 0.3) is 0 Å². The van der Waals surface area contributed by atoms with Crippen LogP contribution in [0.3, 0.4) is 0 Å². The highest BCUT2D eigenvalue weighted by molar-refractivity contribution is 6.21. The molecule has 1 aromatic heterocycles. The van der Waals surface area contributed by atoms with E-state index in [1.807, 2.05) is 0 Å². The number of rotatable bonds is 5. The van der Waals surface area contributed by atoms with Crippen LogP contribution in [0.1, 0.15) is 11.3 Å². The first-order valence-electron chi connectivity index (χ1n) is 4.47. The highest BCUT2D eigenvalue weighted by Gasteiger charge is 2.29. The van der Waals surface area contributed by atoms with E-state index in [0.29, 0.717) is 19.6 Å². The Balaban J connectivity index is 2.57. The Bertz CT molecular complexity index is 297. The third-order valence-corrected chi connectivity index (χ3v) is 1.96. The van der Waals surface area contributed by atoms with E-state index in [1.54, 1.807) is 6.07 Å². The van der Waals surface area contributed by atoms with E-state index in [1.165, 1.54) is 12.3 Å². The number of nitrogens with zero attached hydrogens (tertiary/aromatic N) is 1. The number of halogens is 3. The molecule has 0 bridgehead atoms. The lowest BCUT2D eigenvalue weighted by Crippen LogP contribution is -2.22. The summed E-state index contributed by atoms with van der Waals surface area (Å²) in [7, 11) is 0. The molecule has 0 aliphatic rings. The van der Waals surface area contributed by atoms with Crippen molar-refractivity contribution in [2.24, 2.45) is 5.73 Å². The number of hydrogen-bond donors (Lipinski definition) is 2. The van der Waals surface area contributed by atoms with Crippen LogP contribution in [-0.2, 0) is 11.9 Å². The van der Waals surface area contributed by atoms with E-state index in [4.69, 9.17) is 17.3 Å². The quantitative estimate of drug-likeness (QED) is 0.600. The molecule has 0 aromatic carbocycles. The average Bonchev–Trinajstić information content (AvgIpc) is 2.18. The van der Waals surface area contributed by atoms with Gasteiger partial charge in [-0.25, -0.2) is 0 Å². The van der Waals surface area contributed by atoms with Crippen molar-refractivity contribution in [3.05, 3.63) is 29.6 Å². The zero-order valence-electron chi connectivity index (χ0n) is 8.01. The van der Waals surface area contributed by atoms with Crippen LogP contribution in [-0.4, -0.2) is 18.1 Å². The Hall–Kier alpha value is -0.780. The van der Waals surface area contributed by atoms with Gasteiger partial charge in [-0.15, -0.1) is 0 Å². The molecule has 1 aromatic rings. The van der Waals surface area contributed by atoms with Crippen molar-refractivity contribution in [3.63, 3.8) is 0 Å². The van der Waals surface area contributed by atoms with Crippen molar-refractivity contribution in [2.45, 2.75) is 11.9 Å². The third kappa shape index (κ3) is 4.07. The van der Waals surface area contributed by atoms with Gasteiger partial charge in [0, 0.05) is 25.8 Å². The third-order valence-electron chi connectivity index (χ3n) is 1.77. The Kier molecular flexibility index (Phi) is 4.38. The second-order valence-corrected chi connectivity index (χ2v) is 3.49. The molecule has 0 aliphatic carbocycles. The molecule has 0 aliphatic heterocycles. The van der Waals surface area contributed by atoms with Crippen molar-refractivity contribution in [1.82, 2.24) is 10.3 Å². The van der Waals surface area contributed by atoms with Gasteiger partial charge < -0.3 is 11.1 Å². The molecule has 3 N–H and O–H groups in total. The van der Waals surface area contributed by atoms with Gasteiger partial charge in [0.05, 0.1) is 0 Å². The lowest BCUT2D eigenvalue weighted by atomic mass is 10.2. The monoisotopic (exact) mass is 235 g/mol. The van der Waals surface area contributed by atoms with E-state index in [0.717, 1.165) is 5.56 Å². The maximum Gasteiger partial charge on any atom is 0.364 e. The molecule has 0 amide bonds. The van der Waals surface area contributed by atoms with Gasteiger partial charge >= 0.3 is 5.38 Å². The number of alkyl halides is 3. The second kappa shape index (κ2) is 5.34. The first-order valence-corrected chi connectivity index (χ1v) is 4.84. The van der Waals surface area contributed by atoms with Gasteiger partial charge in [0.15, 0.2) is 0 Å². The minimum atomic E-state index is -3.40. The van der Waals surface area contributed by atoms with Crippen LogP contribution < -0.4 is 11.1 Å². The SMILES string of the molecule is NCCNCc1ccc(C(F)(F)Cl)nc1. The Labute approximate surface area is 91.6 Å². The predicted molar refractivity (Wildman–Crippen MR) is 54.7 cm³/mol. The fraction of sp³-hybridized carbons (Fsp3) is 0.444. The minimum Gasteiger partial charge on any atom is -0.329 e. The Morgan fingerprint density at radius 3 is 2.67 bits per heavy atom. The summed E-state index contributed by atoms with van der Waals surface area (Å²) in [4.78, 5) is 3.58. The second-order valence-electron chi connectivity index (χ2n) is 3.01. The van der Waals surface area contributed by atoms with Gasteiger partial charge in [-0.05, 0) is 23.2 Å². The molecule has 0 unspecified atom stereocenters. The van der Waals surface area contributed by atoms with Gasteiger partial charge in [-0.3, -0.25) is 4.98 Å². The predicted octanol–water partition coefficient (Wildman–Crippen LogP) is 1.42. The van der Waals surface area contributed by atoms with Crippen LogP contribution in [0, 0.1) is 0 Å². The van der Waals surface area contributed by atoms with Crippen molar-refractivity contribution in [2.75, 3.05) is 13.1 Å². The van der Waals surface area contributed by atoms with Gasteiger partial charge in [-0.2, -0.15) is 8.78 Å². The topological polar surface area (TPSA) is 50.9 Å². The summed E-state index contributed by atoms with van der Waals surface area (Å²) in [5, 5.41) is -0.376. The normalized spacial score (nSPS) is 11.7. The summed E-state index contributed by atoms with van der Waals surface area (Å²) in [6.07, 6.45) is 1.37. The molecule has 0 saturated carbocycles. The highest BCUT2D eigenvalue weighted by Crippen LogP contribution is 2.30. The van der Waals surface area contributed by atoms with Crippen LogP contribution in [0.5, 0.6) is 0 Å². The van der Waals surface area contributed by atoms with Crippen molar-refractivity contribution in [3.8, 4) is 0 Å². The molecule has 84 valence electrons. The van der Waals surface area contributed by atoms with E-state index in [9.17, 15) is 8.78 Å². The van der Waals surface area contributed by atoms with Gasteiger partial charge in [-0.1, -0.05) is 6.07 Å². The van der Waals surface area contributed by atoms with Crippen LogP contribution in [0.2, 0.25) is 0 Å². The lowest BCUT2D eigenvalue weighted by molar-refractivity contribution is 0.0899. The fourth-order valence-corrected chi connectivity index (χ4v) is 1.14. The molecular weight excluding hydrogens is 224 g/mol. The lowest BCUT2D eigenvalue weighted by Gasteiger charge is -2.08. The van der Waals surface area contributed by atoms with E-state index < -0.39 is 11.1 Å². The Morgan fingerprint density at radius 1 is 1.47 bits per heavy atom. The van der Waals surface area contributed by atoms with Gasteiger partial charge in [0.2, 0.25) is 0 Å². The zero-order chi connectivity index (χ0) is 11.3. The molecule has 0 radical (unpaired) electrons. The maximum absolute atomic E-state index is 12.6. The summed E-state index contributed by atoms with van der Waals surface area (Å²) in [6.45, 7) is 1.76.